The van der Waals surface area contributed by atoms with Crippen LogP contribution >= 0.6 is 0 Å². The topological polar surface area (TPSA) is 46.8 Å². The van der Waals surface area contributed by atoms with Crippen LogP contribution in [0.5, 0.6) is 5.75 Å². The van der Waals surface area contributed by atoms with Gasteiger partial charge in [-0.05, 0) is 25.0 Å². The van der Waals surface area contributed by atoms with Crippen LogP contribution in [0.2, 0.25) is 0 Å². The van der Waals surface area contributed by atoms with Crippen molar-refractivity contribution in [2.24, 2.45) is 5.92 Å². The first-order valence-electron chi connectivity index (χ1n) is 5.83. The molecule has 0 atom stereocenters. The lowest BCUT2D eigenvalue weighted by atomic mass is 10.2. The number of aromatic nitrogens is 2. The first-order valence-corrected chi connectivity index (χ1v) is 5.83. The summed E-state index contributed by atoms with van der Waals surface area (Å²) in [6, 6.07) is 3.81. The van der Waals surface area contributed by atoms with Gasteiger partial charge in [0.15, 0.2) is 11.4 Å². The standard InChI is InChI=1S/C13H18N2O2/c1-9(2)8-17-12-5-4-6-15-11(7-16)10(3)14-13(12)15/h4-6,9,16H,7-8H2,1-3H3. The number of fused-ring (bicyclic) bond motifs is 1. The molecule has 0 saturated heterocycles. The molecule has 92 valence electrons. The van der Waals surface area contributed by atoms with Crippen LogP contribution in [0.3, 0.4) is 0 Å². The maximum absolute atomic E-state index is 9.31. The molecule has 0 aliphatic carbocycles. The van der Waals surface area contributed by atoms with Gasteiger partial charge in [0.1, 0.15) is 0 Å². The van der Waals surface area contributed by atoms with E-state index in [-0.39, 0.29) is 6.61 Å². The molecule has 2 aromatic heterocycles. The first kappa shape index (κ1) is 11.9. The smallest absolute Gasteiger partial charge is 0.180 e. The summed E-state index contributed by atoms with van der Waals surface area (Å²) >= 11 is 0. The van der Waals surface area contributed by atoms with Crippen LogP contribution < -0.4 is 4.74 Å². The Morgan fingerprint density at radius 3 is 2.88 bits per heavy atom. The minimum atomic E-state index is -0.0133. The molecule has 17 heavy (non-hydrogen) atoms. The Labute approximate surface area is 101 Å². The average molecular weight is 234 g/mol. The molecule has 0 aliphatic rings. The molecular weight excluding hydrogens is 216 g/mol. The summed E-state index contributed by atoms with van der Waals surface area (Å²) < 4.78 is 7.61. The lowest BCUT2D eigenvalue weighted by Crippen LogP contribution is -2.05. The zero-order valence-electron chi connectivity index (χ0n) is 10.5. The molecule has 0 saturated carbocycles. The molecule has 0 fully saturated rings. The van der Waals surface area contributed by atoms with E-state index in [0.717, 1.165) is 22.8 Å². The monoisotopic (exact) mass is 234 g/mol. The van der Waals surface area contributed by atoms with E-state index in [1.54, 1.807) is 0 Å². The van der Waals surface area contributed by atoms with Gasteiger partial charge in [-0.25, -0.2) is 4.98 Å². The highest BCUT2D eigenvalue weighted by Crippen LogP contribution is 2.22. The normalized spacial score (nSPS) is 11.4. The van der Waals surface area contributed by atoms with Gasteiger partial charge in [-0.1, -0.05) is 13.8 Å². The number of pyridine rings is 1. The van der Waals surface area contributed by atoms with Gasteiger partial charge in [0.05, 0.1) is 24.6 Å². The van der Waals surface area contributed by atoms with Crippen molar-refractivity contribution in [2.45, 2.75) is 27.4 Å². The number of nitrogens with zero attached hydrogens (tertiary/aromatic N) is 2. The summed E-state index contributed by atoms with van der Waals surface area (Å²) in [5.74, 6) is 1.24. The Hall–Kier alpha value is -1.55. The molecule has 0 unspecified atom stereocenters. The van der Waals surface area contributed by atoms with E-state index in [2.05, 4.69) is 18.8 Å². The van der Waals surface area contributed by atoms with E-state index in [1.807, 2.05) is 29.7 Å². The molecule has 0 bridgehead atoms. The molecule has 4 heteroatoms. The third-order valence-electron chi connectivity index (χ3n) is 2.64. The van der Waals surface area contributed by atoms with Crippen LogP contribution in [-0.2, 0) is 6.61 Å². The zero-order chi connectivity index (χ0) is 12.4. The Morgan fingerprint density at radius 1 is 1.47 bits per heavy atom. The van der Waals surface area contributed by atoms with Crippen molar-refractivity contribution in [3.05, 3.63) is 29.7 Å². The molecule has 0 radical (unpaired) electrons. The van der Waals surface area contributed by atoms with Crippen LogP contribution in [0.25, 0.3) is 5.65 Å². The van der Waals surface area contributed by atoms with E-state index < -0.39 is 0 Å². The number of aliphatic hydroxyl groups excluding tert-OH is 1. The third kappa shape index (κ3) is 2.26. The minimum absolute atomic E-state index is 0.0133. The van der Waals surface area contributed by atoms with Gasteiger partial charge in [0.25, 0.3) is 0 Å². The summed E-state index contributed by atoms with van der Waals surface area (Å²) in [6.45, 7) is 6.76. The molecule has 0 aromatic carbocycles. The summed E-state index contributed by atoms with van der Waals surface area (Å²) in [4.78, 5) is 4.44. The van der Waals surface area contributed by atoms with Gasteiger partial charge in [0.2, 0.25) is 0 Å². The number of aryl methyl sites for hydroxylation is 1. The predicted octanol–water partition coefficient (Wildman–Crippen LogP) is 2.17. The maximum atomic E-state index is 9.31. The Balaban J connectivity index is 2.43. The largest absolute Gasteiger partial charge is 0.489 e. The van der Waals surface area contributed by atoms with Gasteiger partial charge >= 0.3 is 0 Å². The number of hydrogen-bond donors (Lipinski definition) is 1. The van der Waals surface area contributed by atoms with Crippen LogP contribution in [-0.4, -0.2) is 21.1 Å². The SMILES string of the molecule is Cc1nc2c(OCC(C)C)cccn2c1CO. The summed E-state index contributed by atoms with van der Waals surface area (Å²) in [6.07, 6.45) is 1.89. The number of aliphatic hydroxyl groups is 1. The molecule has 2 rings (SSSR count). The van der Waals surface area contributed by atoms with Gasteiger partial charge in [-0.2, -0.15) is 0 Å². The minimum Gasteiger partial charge on any atom is -0.489 e. The maximum Gasteiger partial charge on any atom is 0.180 e. The van der Waals surface area contributed by atoms with Gasteiger partial charge in [-0.3, -0.25) is 4.40 Å². The van der Waals surface area contributed by atoms with Gasteiger partial charge in [-0.15, -0.1) is 0 Å². The van der Waals surface area contributed by atoms with E-state index in [0.29, 0.717) is 12.5 Å². The second-order valence-electron chi connectivity index (χ2n) is 4.57. The fourth-order valence-corrected chi connectivity index (χ4v) is 1.76. The average Bonchev–Trinajstić information content (AvgIpc) is 2.62. The second-order valence-corrected chi connectivity index (χ2v) is 4.57. The number of rotatable bonds is 4. The molecule has 1 N–H and O–H groups in total. The lowest BCUT2D eigenvalue weighted by molar-refractivity contribution is 0.270. The van der Waals surface area contributed by atoms with Crippen LogP contribution in [0.4, 0.5) is 0 Å². The summed E-state index contributed by atoms with van der Waals surface area (Å²) in [5, 5.41) is 9.31. The third-order valence-corrected chi connectivity index (χ3v) is 2.64. The lowest BCUT2D eigenvalue weighted by Gasteiger charge is -2.09. The Morgan fingerprint density at radius 2 is 2.24 bits per heavy atom. The summed E-state index contributed by atoms with van der Waals surface area (Å²) in [5.41, 5.74) is 2.43. The highest BCUT2D eigenvalue weighted by molar-refractivity contribution is 5.55. The summed E-state index contributed by atoms with van der Waals surface area (Å²) in [7, 11) is 0. The zero-order valence-corrected chi connectivity index (χ0v) is 10.5. The highest BCUT2D eigenvalue weighted by Gasteiger charge is 2.11. The molecular formula is C13H18N2O2. The molecule has 4 nitrogen and oxygen atoms in total. The van der Waals surface area contributed by atoms with Crippen LogP contribution in [0.1, 0.15) is 25.2 Å². The van der Waals surface area contributed by atoms with Crippen molar-refractivity contribution in [1.82, 2.24) is 9.38 Å². The van der Waals surface area contributed by atoms with Crippen LogP contribution in [0, 0.1) is 12.8 Å². The number of imidazole rings is 1. The van der Waals surface area contributed by atoms with Crippen molar-refractivity contribution >= 4 is 5.65 Å². The van der Waals surface area contributed by atoms with E-state index >= 15 is 0 Å². The van der Waals surface area contributed by atoms with Gasteiger partial charge < -0.3 is 9.84 Å². The Bertz CT molecular complexity index is 517. The number of hydrogen-bond acceptors (Lipinski definition) is 3. The molecule has 0 aliphatic heterocycles. The molecule has 2 heterocycles. The van der Waals surface area contributed by atoms with Crippen molar-refractivity contribution in [3.63, 3.8) is 0 Å². The fourth-order valence-electron chi connectivity index (χ4n) is 1.76. The van der Waals surface area contributed by atoms with Crippen molar-refractivity contribution < 1.29 is 9.84 Å². The molecule has 2 aromatic rings. The second kappa shape index (κ2) is 4.75. The first-order chi connectivity index (χ1) is 8.13. The predicted molar refractivity (Wildman–Crippen MR) is 66.2 cm³/mol. The number of ether oxygens (including phenoxy) is 1. The van der Waals surface area contributed by atoms with Crippen LogP contribution in [0.15, 0.2) is 18.3 Å². The van der Waals surface area contributed by atoms with E-state index in [1.165, 1.54) is 0 Å². The highest BCUT2D eigenvalue weighted by atomic mass is 16.5. The fraction of sp³-hybridized carbons (Fsp3) is 0.462. The Kier molecular flexibility index (Phi) is 3.33. The van der Waals surface area contributed by atoms with E-state index in [4.69, 9.17) is 4.74 Å². The molecule has 0 spiro atoms. The molecule has 0 amide bonds. The van der Waals surface area contributed by atoms with Gasteiger partial charge in [0, 0.05) is 6.20 Å². The van der Waals surface area contributed by atoms with Crippen molar-refractivity contribution in [1.29, 1.82) is 0 Å². The van der Waals surface area contributed by atoms with E-state index in [9.17, 15) is 5.11 Å². The van der Waals surface area contributed by atoms with Crippen molar-refractivity contribution in [3.8, 4) is 5.75 Å². The van der Waals surface area contributed by atoms with Crippen molar-refractivity contribution in [2.75, 3.05) is 6.61 Å². The quantitative estimate of drug-likeness (QED) is 0.882.